The van der Waals surface area contributed by atoms with Crippen molar-refractivity contribution >= 4 is 17.1 Å². The lowest BCUT2D eigenvalue weighted by atomic mass is 10.2. The van der Waals surface area contributed by atoms with E-state index in [9.17, 15) is 10.1 Å². The molecule has 0 bridgehead atoms. The Balaban J connectivity index is 1.57. The molecule has 0 radical (unpaired) electrons. The molecular formula is C17H19N3O2. The standard InChI is InChI=1S/C17H19N3O2/c21-20(22)17-9-5-15(6-10-17)18-13-14-3-7-16(8-4-14)19-11-1-2-12-19/h3-10,18H,1-2,11-13H2. The molecule has 0 atom stereocenters. The topological polar surface area (TPSA) is 58.4 Å². The minimum absolute atomic E-state index is 0.112. The molecule has 114 valence electrons. The summed E-state index contributed by atoms with van der Waals surface area (Å²) in [7, 11) is 0. The maximum atomic E-state index is 10.6. The van der Waals surface area contributed by atoms with Crippen LogP contribution in [-0.2, 0) is 6.54 Å². The molecule has 1 aliphatic heterocycles. The van der Waals surface area contributed by atoms with Crippen LogP contribution in [0.15, 0.2) is 48.5 Å². The largest absolute Gasteiger partial charge is 0.381 e. The summed E-state index contributed by atoms with van der Waals surface area (Å²) in [5.74, 6) is 0. The van der Waals surface area contributed by atoms with Gasteiger partial charge in [0.05, 0.1) is 4.92 Å². The molecule has 1 fully saturated rings. The van der Waals surface area contributed by atoms with Crippen molar-refractivity contribution in [2.24, 2.45) is 0 Å². The monoisotopic (exact) mass is 297 g/mol. The maximum absolute atomic E-state index is 10.6. The van der Waals surface area contributed by atoms with Crippen molar-refractivity contribution in [1.82, 2.24) is 0 Å². The summed E-state index contributed by atoms with van der Waals surface area (Å²) in [6.45, 7) is 3.01. The average molecular weight is 297 g/mol. The Morgan fingerprint density at radius 1 is 1.00 bits per heavy atom. The van der Waals surface area contributed by atoms with Gasteiger partial charge in [-0.2, -0.15) is 0 Å². The highest BCUT2D eigenvalue weighted by atomic mass is 16.6. The van der Waals surface area contributed by atoms with Crippen molar-refractivity contribution in [1.29, 1.82) is 0 Å². The average Bonchev–Trinajstić information content (AvgIpc) is 3.08. The number of hydrogen-bond donors (Lipinski definition) is 1. The van der Waals surface area contributed by atoms with Gasteiger partial charge in [-0.1, -0.05) is 12.1 Å². The Morgan fingerprint density at radius 3 is 2.23 bits per heavy atom. The van der Waals surface area contributed by atoms with Crippen LogP contribution in [-0.4, -0.2) is 18.0 Å². The third kappa shape index (κ3) is 3.36. The molecule has 1 N–H and O–H groups in total. The summed E-state index contributed by atoms with van der Waals surface area (Å²) in [5.41, 5.74) is 3.48. The first-order valence-corrected chi connectivity index (χ1v) is 7.54. The first-order chi connectivity index (χ1) is 10.7. The minimum atomic E-state index is -0.388. The highest BCUT2D eigenvalue weighted by Crippen LogP contribution is 2.21. The zero-order valence-electron chi connectivity index (χ0n) is 12.4. The number of nitro benzene ring substituents is 1. The minimum Gasteiger partial charge on any atom is -0.381 e. The predicted molar refractivity (Wildman–Crippen MR) is 88.3 cm³/mol. The van der Waals surface area contributed by atoms with Crippen molar-refractivity contribution in [3.63, 3.8) is 0 Å². The normalized spacial score (nSPS) is 14.1. The number of rotatable bonds is 5. The number of benzene rings is 2. The van der Waals surface area contributed by atoms with Gasteiger partial charge in [0.2, 0.25) is 0 Å². The number of nitro groups is 1. The molecule has 1 heterocycles. The molecule has 3 rings (SSSR count). The number of non-ortho nitro benzene ring substituents is 1. The van der Waals surface area contributed by atoms with Crippen molar-refractivity contribution < 1.29 is 4.92 Å². The summed E-state index contributed by atoms with van der Waals surface area (Å²) in [6, 6.07) is 15.1. The van der Waals surface area contributed by atoms with Crippen LogP contribution in [0, 0.1) is 10.1 Å². The highest BCUT2D eigenvalue weighted by molar-refractivity contribution is 5.51. The molecule has 1 saturated heterocycles. The van der Waals surface area contributed by atoms with Gasteiger partial charge >= 0.3 is 0 Å². The van der Waals surface area contributed by atoms with Gasteiger partial charge < -0.3 is 10.2 Å². The molecule has 0 unspecified atom stereocenters. The van der Waals surface area contributed by atoms with Gasteiger partial charge in [-0.15, -0.1) is 0 Å². The highest BCUT2D eigenvalue weighted by Gasteiger charge is 2.11. The Morgan fingerprint density at radius 2 is 1.64 bits per heavy atom. The van der Waals surface area contributed by atoms with E-state index in [-0.39, 0.29) is 10.6 Å². The zero-order chi connectivity index (χ0) is 15.4. The third-order valence-electron chi connectivity index (χ3n) is 3.98. The molecule has 2 aromatic rings. The van der Waals surface area contributed by atoms with Gasteiger partial charge in [-0.05, 0) is 42.7 Å². The molecular weight excluding hydrogens is 278 g/mol. The van der Waals surface area contributed by atoms with Crippen LogP contribution in [0.3, 0.4) is 0 Å². The number of anilines is 2. The van der Waals surface area contributed by atoms with Crippen LogP contribution < -0.4 is 10.2 Å². The molecule has 22 heavy (non-hydrogen) atoms. The Hall–Kier alpha value is -2.56. The Bertz CT molecular complexity index is 632. The van der Waals surface area contributed by atoms with E-state index >= 15 is 0 Å². The summed E-state index contributed by atoms with van der Waals surface area (Å²) in [6.07, 6.45) is 2.56. The second kappa shape index (κ2) is 6.47. The van der Waals surface area contributed by atoms with Crippen molar-refractivity contribution in [2.75, 3.05) is 23.3 Å². The number of nitrogens with one attached hydrogen (secondary N) is 1. The van der Waals surface area contributed by atoms with Crippen LogP contribution in [0.5, 0.6) is 0 Å². The zero-order valence-corrected chi connectivity index (χ0v) is 12.4. The number of hydrogen-bond acceptors (Lipinski definition) is 4. The van der Waals surface area contributed by atoms with E-state index < -0.39 is 0 Å². The van der Waals surface area contributed by atoms with E-state index in [1.54, 1.807) is 12.1 Å². The fraction of sp³-hybridized carbons (Fsp3) is 0.294. The lowest BCUT2D eigenvalue weighted by Gasteiger charge is -2.17. The predicted octanol–water partition coefficient (Wildman–Crippen LogP) is 3.81. The lowest BCUT2D eigenvalue weighted by molar-refractivity contribution is -0.384. The van der Waals surface area contributed by atoms with Gasteiger partial charge in [0.25, 0.3) is 5.69 Å². The van der Waals surface area contributed by atoms with E-state index in [1.807, 2.05) is 0 Å². The van der Waals surface area contributed by atoms with Crippen molar-refractivity contribution in [3.05, 3.63) is 64.2 Å². The van der Waals surface area contributed by atoms with Crippen molar-refractivity contribution in [2.45, 2.75) is 19.4 Å². The van der Waals surface area contributed by atoms with Gasteiger partial charge in [0.15, 0.2) is 0 Å². The second-order valence-electron chi connectivity index (χ2n) is 5.52. The fourth-order valence-electron chi connectivity index (χ4n) is 2.71. The fourth-order valence-corrected chi connectivity index (χ4v) is 2.71. The summed E-state index contributed by atoms with van der Waals surface area (Å²) < 4.78 is 0. The van der Waals surface area contributed by atoms with Crippen LogP contribution >= 0.6 is 0 Å². The first kappa shape index (κ1) is 14.4. The molecule has 2 aromatic carbocycles. The molecule has 0 saturated carbocycles. The van der Waals surface area contributed by atoms with Crippen molar-refractivity contribution in [3.8, 4) is 0 Å². The Labute approximate surface area is 129 Å². The summed E-state index contributed by atoms with van der Waals surface area (Å²) in [4.78, 5) is 12.6. The third-order valence-corrected chi connectivity index (χ3v) is 3.98. The summed E-state index contributed by atoms with van der Waals surface area (Å²) >= 11 is 0. The molecule has 0 amide bonds. The molecule has 1 aliphatic rings. The number of nitrogens with zero attached hydrogens (tertiary/aromatic N) is 2. The summed E-state index contributed by atoms with van der Waals surface area (Å²) in [5, 5.41) is 13.9. The molecule has 5 nitrogen and oxygen atoms in total. The molecule has 5 heteroatoms. The van der Waals surface area contributed by atoms with Crippen LogP contribution in [0.4, 0.5) is 17.1 Å². The van der Waals surface area contributed by atoms with E-state index in [0.29, 0.717) is 6.54 Å². The van der Waals surface area contributed by atoms with Gasteiger partial charge in [-0.25, -0.2) is 0 Å². The van der Waals surface area contributed by atoms with E-state index in [1.165, 1.54) is 36.2 Å². The SMILES string of the molecule is O=[N+]([O-])c1ccc(NCc2ccc(N3CCCC3)cc2)cc1. The van der Waals surface area contributed by atoms with E-state index in [2.05, 4.69) is 34.5 Å². The van der Waals surface area contributed by atoms with Gasteiger partial charge in [-0.3, -0.25) is 10.1 Å². The quantitative estimate of drug-likeness (QED) is 0.673. The van der Waals surface area contributed by atoms with E-state index in [4.69, 9.17) is 0 Å². The van der Waals surface area contributed by atoms with Crippen LogP contribution in [0.2, 0.25) is 0 Å². The van der Waals surface area contributed by atoms with Gasteiger partial charge in [0, 0.05) is 43.1 Å². The lowest BCUT2D eigenvalue weighted by Crippen LogP contribution is -2.17. The maximum Gasteiger partial charge on any atom is 0.269 e. The Kier molecular flexibility index (Phi) is 4.23. The molecule has 0 aliphatic carbocycles. The second-order valence-corrected chi connectivity index (χ2v) is 5.52. The van der Waals surface area contributed by atoms with Gasteiger partial charge in [0.1, 0.15) is 0 Å². The first-order valence-electron chi connectivity index (χ1n) is 7.54. The molecule has 0 aromatic heterocycles. The van der Waals surface area contributed by atoms with E-state index in [0.717, 1.165) is 18.8 Å². The molecule has 0 spiro atoms. The van der Waals surface area contributed by atoms with Crippen LogP contribution in [0.25, 0.3) is 0 Å². The van der Waals surface area contributed by atoms with Crippen LogP contribution in [0.1, 0.15) is 18.4 Å². The smallest absolute Gasteiger partial charge is 0.269 e.